The van der Waals surface area contributed by atoms with Crippen molar-refractivity contribution >= 4 is 0 Å². The van der Waals surface area contributed by atoms with Crippen LogP contribution in [0.3, 0.4) is 0 Å². The first-order valence-electron chi connectivity index (χ1n) is 4.01. The summed E-state index contributed by atoms with van der Waals surface area (Å²) in [5, 5.41) is 0. The summed E-state index contributed by atoms with van der Waals surface area (Å²) in [4.78, 5) is 0. The van der Waals surface area contributed by atoms with E-state index in [-0.39, 0.29) is 11.9 Å². The summed E-state index contributed by atoms with van der Waals surface area (Å²) in [6.45, 7) is 1.72. The summed E-state index contributed by atoms with van der Waals surface area (Å²) in [7, 11) is 0. The van der Waals surface area contributed by atoms with E-state index in [2.05, 4.69) is 0 Å². The molecule has 0 radical (unpaired) electrons. The molecular formula is C9H9F2NO. The van der Waals surface area contributed by atoms with Crippen molar-refractivity contribution in [1.29, 1.82) is 0 Å². The Morgan fingerprint density at radius 1 is 1.38 bits per heavy atom. The molecule has 0 aliphatic carbocycles. The van der Waals surface area contributed by atoms with Gasteiger partial charge < -0.3 is 10.5 Å². The summed E-state index contributed by atoms with van der Waals surface area (Å²) >= 11 is 0. The number of ether oxygens (including phenoxy) is 1. The number of benzene rings is 1. The molecule has 0 fully saturated rings. The zero-order valence-electron chi connectivity index (χ0n) is 7.05. The molecule has 1 aliphatic rings. The Kier molecular flexibility index (Phi) is 1.73. The van der Waals surface area contributed by atoms with Gasteiger partial charge in [0.15, 0.2) is 11.6 Å². The Labute approximate surface area is 74.3 Å². The van der Waals surface area contributed by atoms with Crippen LogP contribution in [-0.4, -0.2) is 6.10 Å². The van der Waals surface area contributed by atoms with Crippen molar-refractivity contribution in [2.45, 2.75) is 19.1 Å². The van der Waals surface area contributed by atoms with Crippen LogP contribution in [-0.2, 0) is 0 Å². The van der Waals surface area contributed by atoms with E-state index in [4.69, 9.17) is 10.5 Å². The number of fused-ring (bicyclic) bond motifs is 1. The lowest BCUT2D eigenvalue weighted by Gasteiger charge is -2.07. The standard InChI is InChI=1S/C9H9F2NO/c1-4-8(12)6-2-5(10)3-7(11)9(6)13-4/h2-4,8H,12H2,1H3. The van der Waals surface area contributed by atoms with Crippen LogP contribution in [0.15, 0.2) is 12.1 Å². The highest BCUT2D eigenvalue weighted by Gasteiger charge is 2.31. The molecule has 0 saturated carbocycles. The van der Waals surface area contributed by atoms with Gasteiger partial charge in [0.05, 0.1) is 6.04 Å². The highest BCUT2D eigenvalue weighted by atomic mass is 19.1. The van der Waals surface area contributed by atoms with Gasteiger partial charge in [0.25, 0.3) is 0 Å². The zero-order valence-corrected chi connectivity index (χ0v) is 7.05. The van der Waals surface area contributed by atoms with Crippen molar-refractivity contribution < 1.29 is 13.5 Å². The van der Waals surface area contributed by atoms with Gasteiger partial charge in [-0.3, -0.25) is 0 Å². The van der Waals surface area contributed by atoms with Crippen molar-refractivity contribution in [3.05, 3.63) is 29.3 Å². The van der Waals surface area contributed by atoms with Gasteiger partial charge >= 0.3 is 0 Å². The maximum atomic E-state index is 13.1. The number of hydrogen-bond donors (Lipinski definition) is 1. The fraction of sp³-hybridized carbons (Fsp3) is 0.333. The zero-order chi connectivity index (χ0) is 9.59. The fourth-order valence-corrected chi connectivity index (χ4v) is 1.46. The molecule has 4 heteroatoms. The molecule has 13 heavy (non-hydrogen) atoms. The van der Waals surface area contributed by atoms with Gasteiger partial charge in [-0.25, -0.2) is 8.78 Å². The van der Waals surface area contributed by atoms with Gasteiger partial charge in [-0.1, -0.05) is 0 Å². The maximum absolute atomic E-state index is 13.1. The van der Waals surface area contributed by atoms with E-state index in [1.54, 1.807) is 6.92 Å². The van der Waals surface area contributed by atoms with Gasteiger partial charge in [0.1, 0.15) is 11.9 Å². The van der Waals surface area contributed by atoms with E-state index in [0.29, 0.717) is 5.56 Å². The molecular weight excluding hydrogens is 176 g/mol. The predicted molar refractivity (Wildman–Crippen MR) is 43.4 cm³/mol. The maximum Gasteiger partial charge on any atom is 0.168 e. The lowest BCUT2D eigenvalue weighted by molar-refractivity contribution is 0.220. The quantitative estimate of drug-likeness (QED) is 0.668. The monoisotopic (exact) mass is 185 g/mol. The number of nitrogens with two attached hydrogens (primary N) is 1. The average molecular weight is 185 g/mol. The molecule has 1 aliphatic heterocycles. The first-order valence-corrected chi connectivity index (χ1v) is 4.01. The minimum Gasteiger partial charge on any atom is -0.485 e. The van der Waals surface area contributed by atoms with Crippen LogP contribution in [0.2, 0.25) is 0 Å². The summed E-state index contributed by atoms with van der Waals surface area (Å²) in [5.74, 6) is -1.22. The van der Waals surface area contributed by atoms with Gasteiger partial charge in [-0.15, -0.1) is 0 Å². The van der Waals surface area contributed by atoms with E-state index in [0.717, 1.165) is 6.07 Å². The minimum atomic E-state index is -0.685. The Morgan fingerprint density at radius 2 is 2.08 bits per heavy atom. The summed E-state index contributed by atoms with van der Waals surface area (Å²) in [6, 6.07) is 1.57. The Bertz CT molecular complexity index is 354. The van der Waals surface area contributed by atoms with E-state index >= 15 is 0 Å². The third kappa shape index (κ3) is 1.18. The summed E-state index contributed by atoms with van der Waals surface area (Å²) < 4.78 is 31.0. The van der Waals surface area contributed by atoms with Gasteiger partial charge in [0.2, 0.25) is 0 Å². The van der Waals surface area contributed by atoms with E-state index in [1.165, 1.54) is 6.07 Å². The normalized spacial score (nSPS) is 25.5. The molecule has 0 aromatic heterocycles. The predicted octanol–water partition coefficient (Wildman–Crippen LogP) is 1.75. The molecule has 0 bridgehead atoms. The number of rotatable bonds is 0. The lowest BCUT2D eigenvalue weighted by atomic mass is 10.1. The number of halogens is 2. The molecule has 0 amide bonds. The van der Waals surface area contributed by atoms with Crippen LogP contribution in [0.5, 0.6) is 5.75 Å². The van der Waals surface area contributed by atoms with E-state index in [1.807, 2.05) is 0 Å². The van der Waals surface area contributed by atoms with E-state index in [9.17, 15) is 8.78 Å². The molecule has 2 rings (SSSR count). The molecule has 1 aromatic rings. The molecule has 2 N–H and O–H groups in total. The first kappa shape index (κ1) is 8.44. The SMILES string of the molecule is CC1Oc2c(F)cc(F)cc2C1N. The van der Waals surface area contributed by atoms with Crippen LogP contribution in [0.4, 0.5) is 8.78 Å². The molecule has 2 atom stereocenters. The van der Waals surface area contributed by atoms with Crippen LogP contribution in [0, 0.1) is 11.6 Å². The molecule has 0 saturated heterocycles. The molecule has 2 nitrogen and oxygen atoms in total. The van der Waals surface area contributed by atoms with Crippen LogP contribution in [0.25, 0.3) is 0 Å². The summed E-state index contributed by atoms with van der Waals surface area (Å²) in [6.07, 6.45) is -0.300. The van der Waals surface area contributed by atoms with Crippen molar-refractivity contribution in [1.82, 2.24) is 0 Å². The van der Waals surface area contributed by atoms with Gasteiger partial charge in [-0.05, 0) is 13.0 Å². The van der Waals surface area contributed by atoms with Crippen LogP contribution >= 0.6 is 0 Å². The molecule has 70 valence electrons. The van der Waals surface area contributed by atoms with Crippen molar-refractivity contribution in [3.63, 3.8) is 0 Å². The van der Waals surface area contributed by atoms with Crippen molar-refractivity contribution in [2.24, 2.45) is 5.73 Å². The Morgan fingerprint density at radius 3 is 2.77 bits per heavy atom. The fourth-order valence-electron chi connectivity index (χ4n) is 1.46. The third-order valence-electron chi connectivity index (χ3n) is 2.21. The molecule has 1 aromatic carbocycles. The largest absolute Gasteiger partial charge is 0.485 e. The Balaban J connectivity index is 2.57. The van der Waals surface area contributed by atoms with Crippen LogP contribution in [0.1, 0.15) is 18.5 Å². The topological polar surface area (TPSA) is 35.2 Å². The molecule has 1 heterocycles. The third-order valence-corrected chi connectivity index (χ3v) is 2.21. The first-order chi connectivity index (χ1) is 6.09. The average Bonchev–Trinajstić information content (AvgIpc) is 2.32. The second-order valence-corrected chi connectivity index (χ2v) is 3.15. The van der Waals surface area contributed by atoms with Crippen LogP contribution < -0.4 is 10.5 Å². The second kappa shape index (κ2) is 2.67. The van der Waals surface area contributed by atoms with Gasteiger partial charge in [0, 0.05) is 11.6 Å². The molecule has 2 unspecified atom stereocenters. The highest BCUT2D eigenvalue weighted by molar-refractivity contribution is 5.41. The minimum absolute atomic E-state index is 0.0846. The number of hydrogen-bond acceptors (Lipinski definition) is 2. The highest BCUT2D eigenvalue weighted by Crippen LogP contribution is 2.37. The van der Waals surface area contributed by atoms with Crippen molar-refractivity contribution in [2.75, 3.05) is 0 Å². The summed E-state index contributed by atoms with van der Waals surface area (Å²) in [5.41, 5.74) is 6.08. The lowest BCUT2D eigenvalue weighted by Crippen LogP contribution is -2.21. The smallest absolute Gasteiger partial charge is 0.168 e. The van der Waals surface area contributed by atoms with E-state index < -0.39 is 17.7 Å². The second-order valence-electron chi connectivity index (χ2n) is 3.15. The Hall–Kier alpha value is -1.16. The van der Waals surface area contributed by atoms with Crippen molar-refractivity contribution in [3.8, 4) is 5.75 Å². The molecule has 0 spiro atoms. The van der Waals surface area contributed by atoms with Gasteiger partial charge in [-0.2, -0.15) is 0 Å².